The summed E-state index contributed by atoms with van der Waals surface area (Å²) in [5.74, 6) is 0.531. The van der Waals surface area contributed by atoms with Gasteiger partial charge in [0.25, 0.3) is 0 Å². The Bertz CT molecular complexity index is 301. The standard InChI is InChI=1S/C12H19NO2/c1-2-9(6-12(15)8-13)10-4-3-5-11(14)7-10/h3-5,7,9,12,14-15H,2,6,8,13H2,1H3. The second kappa shape index (κ2) is 5.73. The maximum atomic E-state index is 9.50. The SMILES string of the molecule is CCC(CC(O)CN)c1cccc(O)c1. The van der Waals surface area contributed by atoms with Crippen molar-refractivity contribution in [2.24, 2.45) is 5.73 Å². The first-order valence-electron chi connectivity index (χ1n) is 5.34. The zero-order valence-electron chi connectivity index (χ0n) is 9.06. The van der Waals surface area contributed by atoms with Gasteiger partial charge in [-0.3, -0.25) is 0 Å². The predicted molar refractivity (Wildman–Crippen MR) is 60.8 cm³/mol. The summed E-state index contributed by atoms with van der Waals surface area (Å²) < 4.78 is 0. The molecule has 3 heteroatoms. The van der Waals surface area contributed by atoms with E-state index in [1.165, 1.54) is 0 Å². The molecule has 0 saturated carbocycles. The van der Waals surface area contributed by atoms with Gasteiger partial charge in [0.2, 0.25) is 0 Å². The summed E-state index contributed by atoms with van der Waals surface area (Å²) in [7, 11) is 0. The van der Waals surface area contributed by atoms with Crippen LogP contribution in [0.5, 0.6) is 5.75 Å². The molecule has 1 aromatic rings. The lowest BCUT2D eigenvalue weighted by Gasteiger charge is -2.18. The largest absolute Gasteiger partial charge is 0.508 e. The van der Waals surface area contributed by atoms with Gasteiger partial charge in [0, 0.05) is 6.54 Å². The molecule has 2 atom stereocenters. The van der Waals surface area contributed by atoms with Gasteiger partial charge in [-0.15, -0.1) is 0 Å². The van der Waals surface area contributed by atoms with Crippen LogP contribution in [-0.2, 0) is 0 Å². The fourth-order valence-electron chi connectivity index (χ4n) is 1.74. The van der Waals surface area contributed by atoms with Crippen LogP contribution in [0, 0.1) is 0 Å². The van der Waals surface area contributed by atoms with E-state index in [2.05, 4.69) is 6.92 Å². The summed E-state index contributed by atoms with van der Waals surface area (Å²) in [6.07, 6.45) is 1.12. The second-order valence-electron chi connectivity index (χ2n) is 3.83. The van der Waals surface area contributed by atoms with Gasteiger partial charge in [-0.1, -0.05) is 19.1 Å². The van der Waals surface area contributed by atoms with Crippen LogP contribution >= 0.6 is 0 Å². The minimum absolute atomic E-state index is 0.260. The highest BCUT2D eigenvalue weighted by atomic mass is 16.3. The molecule has 0 heterocycles. The van der Waals surface area contributed by atoms with Crippen molar-refractivity contribution >= 4 is 0 Å². The molecule has 2 unspecified atom stereocenters. The zero-order chi connectivity index (χ0) is 11.3. The number of aromatic hydroxyl groups is 1. The quantitative estimate of drug-likeness (QED) is 0.690. The number of nitrogens with two attached hydrogens (primary N) is 1. The van der Waals surface area contributed by atoms with E-state index in [0.29, 0.717) is 6.42 Å². The second-order valence-corrected chi connectivity index (χ2v) is 3.83. The predicted octanol–water partition coefficient (Wildman–Crippen LogP) is 1.60. The van der Waals surface area contributed by atoms with E-state index in [0.717, 1.165) is 12.0 Å². The molecule has 0 fully saturated rings. The van der Waals surface area contributed by atoms with Crippen LogP contribution in [0.15, 0.2) is 24.3 Å². The number of phenols is 1. The molecular formula is C12H19NO2. The molecule has 1 aromatic carbocycles. The van der Waals surface area contributed by atoms with Gasteiger partial charge in [-0.05, 0) is 36.5 Å². The fraction of sp³-hybridized carbons (Fsp3) is 0.500. The Hall–Kier alpha value is -1.06. The minimum atomic E-state index is -0.461. The van der Waals surface area contributed by atoms with Crippen molar-refractivity contribution in [2.75, 3.05) is 6.54 Å². The molecule has 0 saturated heterocycles. The number of rotatable bonds is 5. The molecule has 1 rings (SSSR count). The molecule has 0 amide bonds. The zero-order valence-corrected chi connectivity index (χ0v) is 9.06. The minimum Gasteiger partial charge on any atom is -0.508 e. The monoisotopic (exact) mass is 209 g/mol. The summed E-state index contributed by atoms with van der Waals surface area (Å²) in [4.78, 5) is 0. The number of aliphatic hydroxyl groups is 1. The van der Waals surface area contributed by atoms with E-state index in [4.69, 9.17) is 5.73 Å². The fourth-order valence-corrected chi connectivity index (χ4v) is 1.74. The Kier molecular flexibility index (Phi) is 4.59. The first-order valence-corrected chi connectivity index (χ1v) is 5.34. The number of hydrogen-bond acceptors (Lipinski definition) is 3. The molecule has 4 N–H and O–H groups in total. The average Bonchev–Trinajstić information content (AvgIpc) is 2.25. The van der Waals surface area contributed by atoms with Crippen LogP contribution in [0.4, 0.5) is 0 Å². The summed E-state index contributed by atoms with van der Waals surface area (Å²) in [5, 5.41) is 18.9. The molecule has 0 spiro atoms. The molecule has 3 nitrogen and oxygen atoms in total. The lowest BCUT2D eigenvalue weighted by molar-refractivity contribution is 0.162. The molecular weight excluding hydrogens is 190 g/mol. The van der Waals surface area contributed by atoms with E-state index >= 15 is 0 Å². The van der Waals surface area contributed by atoms with Crippen molar-refractivity contribution in [1.29, 1.82) is 0 Å². The number of benzene rings is 1. The Labute approximate surface area is 90.5 Å². The van der Waals surface area contributed by atoms with E-state index in [9.17, 15) is 10.2 Å². The van der Waals surface area contributed by atoms with Gasteiger partial charge >= 0.3 is 0 Å². The third kappa shape index (κ3) is 3.53. The van der Waals surface area contributed by atoms with E-state index in [-0.39, 0.29) is 18.2 Å². The average molecular weight is 209 g/mol. The molecule has 0 bridgehead atoms. The van der Waals surface area contributed by atoms with E-state index in [1.54, 1.807) is 12.1 Å². The maximum absolute atomic E-state index is 9.50. The number of phenolic OH excluding ortho intramolecular Hbond substituents is 1. The summed E-state index contributed by atoms with van der Waals surface area (Å²) in [6.45, 7) is 2.35. The van der Waals surface area contributed by atoms with Gasteiger partial charge in [-0.2, -0.15) is 0 Å². The summed E-state index contributed by atoms with van der Waals surface area (Å²) in [6, 6.07) is 7.19. The normalized spacial score (nSPS) is 14.9. The first kappa shape index (κ1) is 12.0. The molecule has 15 heavy (non-hydrogen) atoms. The Morgan fingerprint density at radius 2 is 2.13 bits per heavy atom. The van der Waals surface area contributed by atoms with E-state index < -0.39 is 6.10 Å². The molecule has 0 aliphatic rings. The van der Waals surface area contributed by atoms with Crippen LogP contribution in [0.25, 0.3) is 0 Å². The maximum Gasteiger partial charge on any atom is 0.115 e. The third-order valence-corrected chi connectivity index (χ3v) is 2.66. The third-order valence-electron chi connectivity index (χ3n) is 2.66. The van der Waals surface area contributed by atoms with Gasteiger partial charge in [0.05, 0.1) is 6.10 Å². The van der Waals surface area contributed by atoms with Gasteiger partial charge < -0.3 is 15.9 Å². The van der Waals surface area contributed by atoms with Crippen molar-refractivity contribution in [3.8, 4) is 5.75 Å². The molecule has 0 aliphatic heterocycles. The summed E-state index contributed by atoms with van der Waals surface area (Å²) >= 11 is 0. The Morgan fingerprint density at radius 3 is 2.67 bits per heavy atom. The van der Waals surface area contributed by atoms with Crippen LogP contribution in [0.3, 0.4) is 0 Å². The van der Waals surface area contributed by atoms with Crippen LogP contribution in [0.1, 0.15) is 31.2 Å². The summed E-state index contributed by atoms with van der Waals surface area (Å²) in [5.41, 5.74) is 6.44. The number of aliphatic hydroxyl groups excluding tert-OH is 1. The van der Waals surface area contributed by atoms with Gasteiger partial charge in [-0.25, -0.2) is 0 Å². The Balaban J connectivity index is 2.73. The highest BCUT2D eigenvalue weighted by Crippen LogP contribution is 2.26. The van der Waals surface area contributed by atoms with Crippen molar-refractivity contribution in [3.63, 3.8) is 0 Å². The van der Waals surface area contributed by atoms with Crippen molar-refractivity contribution in [2.45, 2.75) is 31.8 Å². The highest BCUT2D eigenvalue weighted by Gasteiger charge is 2.14. The smallest absolute Gasteiger partial charge is 0.115 e. The van der Waals surface area contributed by atoms with E-state index in [1.807, 2.05) is 12.1 Å². The van der Waals surface area contributed by atoms with Gasteiger partial charge in [0.15, 0.2) is 0 Å². The first-order chi connectivity index (χ1) is 7.17. The van der Waals surface area contributed by atoms with Crippen LogP contribution in [-0.4, -0.2) is 22.9 Å². The lowest BCUT2D eigenvalue weighted by Crippen LogP contribution is -2.22. The van der Waals surface area contributed by atoms with Crippen molar-refractivity contribution < 1.29 is 10.2 Å². The molecule has 0 aliphatic carbocycles. The topological polar surface area (TPSA) is 66.5 Å². The molecule has 0 aromatic heterocycles. The van der Waals surface area contributed by atoms with Crippen molar-refractivity contribution in [3.05, 3.63) is 29.8 Å². The van der Waals surface area contributed by atoms with Crippen LogP contribution < -0.4 is 5.73 Å². The molecule has 0 radical (unpaired) electrons. The van der Waals surface area contributed by atoms with Crippen LogP contribution in [0.2, 0.25) is 0 Å². The molecule has 84 valence electrons. The van der Waals surface area contributed by atoms with Crippen molar-refractivity contribution in [1.82, 2.24) is 0 Å². The highest BCUT2D eigenvalue weighted by molar-refractivity contribution is 5.29. The van der Waals surface area contributed by atoms with Gasteiger partial charge in [0.1, 0.15) is 5.75 Å². The number of hydrogen-bond donors (Lipinski definition) is 3. The lowest BCUT2D eigenvalue weighted by atomic mass is 9.91. The Morgan fingerprint density at radius 1 is 1.40 bits per heavy atom.